The van der Waals surface area contributed by atoms with Crippen LogP contribution in [0.4, 0.5) is 5.69 Å². The fraction of sp³-hybridized carbons (Fsp3) is 0.652. The summed E-state index contributed by atoms with van der Waals surface area (Å²) < 4.78 is 0. The van der Waals surface area contributed by atoms with Crippen molar-refractivity contribution in [3.8, 4) is 0 Å². The van der Waals surface area contributed by atoms with Crippen LogP contribution in [0.15, 0.2) is 24.3 Å². The minimum Gasteiger partial charge on any atom is -0.348 e. The van der Waals surface area contributed by atoms with E-state index in [2.05, 4.69) is 22.5 Å². The van der Waals surface area contributed by atoms with Crippen molar-refractivity contribution in [1.29, 1.82) is 0 Å². The van der Waals surface area contributed by atoms with Gasteiger partial charge in [0.05, 0.1) is 0 Å². The van der Waals surface area contributed by atoms with Crippen molar-refractivity contribution in [1.82, 2.24) is 10.2 Å². The first-order valence-electron chi connectivity index (χ1n) is 11.1. The van der Waals surface area contributed by atoms with E-state index in [9.17, 15) is 9.59 Å². The summed E-state index contributed by atoms with van der Waals surface area (Å²) in [5.74, 6) is 0.728. The molecule has 0 radical (unpaired) electrons. The fourth-order valence-electron chi connectivity index (χ4n) is 4.76. The second-order valence-corrected chi connectivity index (χ2v) is 8.99. The zero-order valence-electron chi connectivity index (χ0n) is 17.0. The van der Waals surface area contributed by atoms with E-state index < -0.39 is 0 Å². The van der Waals surface area contributed by atoms with Crippen molar-refractivity contribution >= 4 is 17.5 Å². The Labute approximate surface area is 168 Å². The Hall–Kier alpha value is -1.88. The van der Waals surface area contributed by atoms with E-state index in [1.165, 1.54) is 38.5 Å². The standard InChI is InChI=1S/C23H33N3O2/c1-16-14-21(16)23(28)24-18-10-8-17(9-11-18)22(27)25-19-12-13-26(15-19)20-6-4-2-3-5-7-20/h8-11,16,19-21H,2-7,12-15H2,1H3,(H,24,28)(H,25,27). The molecule has 0 aromatic heterocycles. The fourth-order valence-corrected chi connectivity index (χ4v) is 4.76. The summed E-state index contributed by atoms with van der Waals surface area (Å²) in [5, 5.41) is 6.15. The van der Waals surface area contributed by atoms with Gasteiger partial charge in [-0.15, -0.1) is 0 Å². The second kappa shape index (κ2) is 8.64. The minimum absolute atomic E-state index is 0.0126. The number of amides is 2. The molecule has 152 valence electrons. The van der Waals surface area contributed by atoms with Crippen molar-refractivity contribution in [2.24, 2.45) is 11.8 Å². The van der Waals surface area contributed by atoms with Gasteiger partial charge in [0, 0.05) is 42.3 Å². The van der Waals surface area contributed by atoms with E-state index in [4.69, 9.17) is 0 Å². The predicted octanol–water partition coefficient (Wildman–Crippen LogP) is 3.81. The molecule has 2 amide bonds. The molecule has 2 aliphatic carbocycles. The van der Waals surface area contributed by atoms with Crippen molar-refractivity contribution in [2.75, 3.05) is 18.4 Å². The third-order valence-electron chi connectivity index (χ3n) is 6.76. The van der Waals surface area contributed by atoms with Gasteiger partial charge in [-0.25, -0.2) is 0 Å². The molecule has 3 unspecified atom stereocenters. The zero-order chi connectivity index (χ0) is 19.5. The monoisotopic (exact) mass is 383 g/mol. The van der Waals surface area contributed by atoms with Crippen LogP contribution in [0.1, 0.15) is 68.6 Å². The molecule has 4 rings (SSSR count). The van der Waals surface area contributed by atoms with Crippen LogP contribution in [0, 0.1) is 11.8 Å². The van der Waals surface area contributed by atoms with E-state index in [0.717, 1.165) is 31.6 Å². The first kappa shape index (κ1) is 19.4. The summed E-state index contributed by atoms with van der Waals surface area (Å²) in [4.78, 5) is 27.2. The lowest BCUT2D eigenvalue weighted by Crippen LogP contribution is -2.39. The lowest BCUT2D eigenvalue weighted by molar-refractivity contribution is -0.117. The van der Waals surface area contributed by atoms with E-state index in [0.29, 0.717) is 17.5 Å². The molecule has 0 spiro atoms. The number of hydrogen-bond donors (Lipinski definition) is 2. The van der Waals surface area contributed by atoms with Crippen LogP contribution in [0.3, 0.4) is 0 Å². The summed E-state index contributed by atoms with van der Waals surface area (Å²) in [6.07, 6.45) is 10.1. The Balaban J connectivity index is 1.26. The Kier molecular flexibility index (Phi) is 6.00. The topological polar surface area (TPSA) is 61.4 Å². The van der Waals surface area contributed by atoms with Gasteiger partial charge >= 0.3 is 0 Å². The number of carbonyl (C=O) groups excluding carboxylic acids is 2. The Morgan fingerprint density at radius 3 is 2.32 bits per heavy atom. The molecule has 2 saturated carbocycles. The molecule has 0 bridgehead atoms. The quantitative estimate of drug-likeness (QED) is 0.760. The van der Waals surface area contributed by atoms with Crippen LogP contribution in [-0.2, 0) is 4.79 Å². The van der Waals surface area contributed by atoms with Crippen LogP contribution in [-0.4, -0.2) is 41.9 Å². The summed E-state index contributed by atoms with van der Waals surface area (Å²) in [6.45, 7) is 4.17. The number of carbonyl (C=O) groups is 2. The highest BCUT2D eigenvalue weighted by Crippen LogP contribution is 2.38. The molecule has 3 atom stereocenters. The normalized spacial score (nSPS) is 28.5. The molecule has 1 aromatic rings. The summed E-state index contributed by atoms with van der Waals surface area (Å²) >= 11 is 0. The Morgan fingerprint density at radius 2 is 1.68 bits per heavy atom. The van der Waals surface area contributed by atoms with Gasteiger partial charge in [0.25, 0.3) is 5.91 Å². The third kappa shape index (κ3) is 4.75. The molecule has 5 heteroatoms. The van der Waals surface area contributed by atoms with Crippen molar-refractivity contribution < 1.29 is 9.59 Å². The van der Waals surface area contributed by atoms with Gasteiger partial charge in [-0.3, -0.25) is 14.5 Å². The third-order valence-corrected chi connectivity index (χ3v) is 6.76. The first-order chi connectivity index (χ1) is 13.6. The van der Waals surface area contributed by atoms with Gasteiger partial charge in [-0.2, -0.15) is 0 Å². The molecule has 28 heavy (non-hydrogen) atoms. The highest BCUT2D eigenvalue weighted by Gasteiger charge is 2.39. The van der Waals surface area contributed by atoms with Gasteiger partial charge < -0.3 is 10.6 Å². The van der Waals surface area contributed by atoms with Gasteiger partial charge in [0.2, 0.25) is 5.91 Å². The highest BCUT2D eigenvalue weighted by atomic mass is 16.2. The molecule has 1 aromatic carbocycles. The van der Waals surface area contributed by atoms with Crippen molar-refractivity contribution in [3.05, 3.63) is 29.8 Å². The number of rotatable bonds is 5. The smallest absolute Gasteiger partial charge is 0.251 e. The van der Waals surface area contributed by atoms with Crippen LogP contribution in [0.25, 0.3) is 0 Å². The van der Waals surface area contributed by atoms with Crippen LogP contribution in [0.5, 0.6) is 0 Å². The number of anilines is 1. The van der Waals surface area contributed by atoms with Crippen LogP contribution < -0.4 is 10.6 Å². The second-order valence-electron chi connectivity index (χ2n) is 8.99. The molecule has 1 saturated heterocycles. The van der Waals surface area contributed by atoms with Crippen molar-refractivity contribution in [2.45, 2.75) is 70.4 Å². The van der Waals surface area contributed by atoms with Gasteiger partial charge in [0.1, 0.15) is 0 Å². The van der Waals surface area contributed by atoms with Gasteiger partial charge in [-0.05, 0) is 55.9 Å². The predicted molar refractivity (Wildman–Crippen MR) is 111 cm³/mol. The lowest BCUT2D eigenvalue weighted by Gasteiger charge is -2.26. The van der Waals surface area contributed by atoms with E-state index in [1.54, 1.807) is 12.1 Å². The molecular weight excluding hydrogens is 350 g/mol. The maximum absolute atomic E-state index is 12.6. The largest absolute Gasteiger partial charge is 0.348 e. The van der Waals surface area contributed by atoms with Gasteiger partial charge in [0.15, 0.2) is 0 Å². The van der Waals surface area contributed by atoms with Crippen molar-refractivity contribution in [3.63, 3.8) is 0 Å². The molecule has 3 aliphatic rings. The number of benzene rings is 1. The average Bonchev–Trinajstić information content (AvgIpc) is 3.36. The van der Waals surface area contributed by atoms with Crippen LogP contribution in [0.2, 0.25) is 0 Å². The Morgan fingerprint density at radius 1 is 1.00 bits per heavy atom. The molecular formula is C23H33N3O2. The average molecular weight is 384 g/mol. The molecule has 3 fully saturated rings. The van der Waals surface area contributed by atoms with E-state index >= 15 is 0 Å². The summed E-state index contributed by atoms with van der Waals surface area (Å²) in [6, 6.07) is 8.21. The SMILES string of the molecule is CC1CC1C(=O)Nc1ccc(C(=O)NC2CCN(C3CCCCCC3)C2)cc1. The van der Waals surface area contributed by atoms with E-state index in [1.807, 2.05) is 12.1 Å². The zero-order valence-corrected chi connectivity index (χ0v) is 17.0. The maximum Gasteiger partial charge on any atom is 0.251 e. The van der Waals surface area contributed by atoms with Crippen LogP contribution >= 0.6 is 0 Å². The summed E-state index contributed by atoms with van der Waals surface area (Å²) in [5.41, 5.74) is 1.42. The minimum atomic E-state index is -0.0126. The van der Waals surface area contributed by atoms with E-state index in [-0.39, 0.29) is 23.8 Å². The van der Waals surface area contributed by atoms with Gasteiger partial charge in [-0.1, -0.05) is 32.6 Å². The number of nitrogens with one attached hydrogen (secondary N) is 2. The highest BCUT2D eigenvalue weighted by molar-refractivity contribution is 5.97. The molecule has 2 N–H and O–H groups in total. The molecule has 5 nitrogen and oxygen atoms in total. The molecule has 1 aliphatic heterocycles. The lowest BCUT2D eigenvalue weighted by atomic mass is 10.1. The maximum atomic E-state index is 12.6. The number of likely N-dealkylation sites (tertiary alicyclic amines) is 1. The number of hydrogen-bond acceptors (Lipinski definition) is 3. The first-order valence-corrected chi connectivity index (χ1v) is 11.1. The Bertz CT molecular complexity index is 694. The molecule has 1 heterocycles. The summed E-state index contributed by atoms with van der Waals surface area (Å²) in [7, 11) is 0. The number of nitrogens with zero attached hydrogens (tertiary/aromatic N) is 1.